The maximum atomic E-state index is 12.0. The van der Waals surface area contributed by atoms with Gasteiger partial charge in [-0.05, 0) is 24.8 Å². The van der Waals surface area contributed by atoms with E-state index in [1.165, 1.54) is 0 Å². The summed E-state index contributed by atoms with van der Waals surface area (Å²) < 4.78 is 0. The summed E-state index contributed by atoms with van der Waals surface area (Å²) in [4.78, 5) is 13.7. The predicted molar refractivity (Wildman–Crippen MR) is 71.7 cm³/mol. The zero-order valence-corrected chi connectivity index (χ0v) is 11.6. The van der Waals surface area contributed by atoms with Crippen molar-refractivity contribution in [3.05, 3.63) is 18.0 Å². The predicted octanol–water partition coefficient (Wildman–Crippen LogP) is 1.52. The Balaban J connectivity index is 2.36. The summed E-state index contributed by atoms with van der Waals surface area (Å²) >= 11 is 0. The van der Waals surface area contributed by atoms with E-state index in [1.54, 1.807) is 11.1 Å². The molecule has 1 aromatic heterocycles. The van der Waals surface area contributed by atoms with Crippen LogP contribution in [0.1, 0.15) is 38.7 Å². The Morgan fingerprint density at radius 1 is 1.50 bits per heavy atom. The zero-order chi connectivity index (χ0) is 13.6. The van der Waals surface area contributed by atoms with Gasteiger partial charge in [-0.2, -0.15) is 5.10 Å². The van der Waals surface area contributed by atoms with Crippen LogP contribution in [0.2, 0.25) is 0 Å². The maximum absolute atomic E-state index is 12.0. The molecule has 0 radical (unpaired) electrons. The number of aromatic amines is 1. The molecule has 0 bridgehead atoms. The molecule has 0 atom stereocenters. The monoisotopic (exact) mass is 252 g/mol. The minimum Gasteiger partial charge on any atom is -0.341 e. The Morgan fingerprint density at radius 2 is 2.22 bits per heavy atom. The number of aromatic nitrogens is 2. The van der Waals surface area contributed by atoms with E-state index in [2.05, 4.69) is 24.0 Å². The fraction of sp³-hybridized carbons (Fsp3) is 0.692. The highest BCUT2D eigenvalue weighted by Crippen LogP contribution is 2.26. The highest BCUT2D eigenvalue weighted by atomic mass is 16.2. The van der Waals surface area contributed by atoms with Gasteiger partial charge in [-0.15, -0.1) is 0 Å². The number of carbonyl (C=O) groups is 1. The lowest BCUT2D eigenvalue weighted by molar-refractivity contribution is -0.131. The van der Waals surface area contributed by atoms with Crippen LogP contribution in [0.4, 0.5) is 0 Å². The first-order valence-corrected chi connectivity index (χ1v) is 6.36. The zero-order valence-electron chi connectivity index (χ0n) is 11.6. The molecule has 0 saturated carbocycles. The van der Waals surface area contributed by atoms with Crippen molar-refractivity contribution in [2.75, 3.05) is 13.6 Å². The summed E-state index contributed by atoms with van der Waals surface area (Å²) in [5.41, 5.74) is 6.73. The van der Waals surface area contributed by atoms with E-state index in [9.17, 15) is 4.79 Å². The number of nitrogens with one attached hydrogen (secondary N) is 1. The second-order valence-electron chi connectivity index (χ2n) is 5.56. The Kier molecular flexibility index (Phi) is 5.34. The number of hydrogen-bond donors (Lipinski definition) is 2. The van der Waals surface area contributed by atoms with Gasteiger partial charge in [-0.3, -0.25) is 9.89 Å². The molecule has 0 spiro atoms. The molecule has 0 aliphatic carbocycles. The van der Waals surface area contributed by atoms with Gasteiger partial charge in [-0.1, -0.05) is 13.8 Å². The van der Waals surface area contributed by atoms with Crippen molar-refractivity contribution >= 4 is 5.91 Å². The summed E-state index contributed by atoms with van der Waals surface area (Å²) in [6, 6.07) is 0. The highest BCUT2D eigenvalue weighted by Gasteiger charge is 2.19. The molecule has 0 saturated heterocycles. The van der Waals surface area contributed by atoms with Gasteiger partial charge in [-0.25, -0.2) is 0 Å². The van der Waals surface area contributed by atoms with E-state index in [1.807, 2.05) is 13.2 Å². The first-order chi connectivity index (χ1) is 8.44. The van der Waals surface area contributed by atoms with E-state index < -0.39 is 0 Å². The number of H-pyrrole nitrogens is 1. The molecule has 0 fully saturated rings. The second kappa shape index (κ2) is 6.54. The molecule has 102 valence electrons. The topological polar surface area (TPSA) is 75.0 Å². The molecule has 1 heterocycles. The van der Waals surface area contributed by atoms with Gasteiger partial charge < -0.3 is 10.6 Å². The third kappa shape index (κ3) is 4.87. The molecule has 18 heavy (non-hydrogen) atoms. The smallest absolute Gasteiger partial charge is 0.222 e. The van der Waals surface area contributed by atoms with Crippen molar-refractivity contribution in [2.24, 2.45) is 11.1 Å². The molecular weight excluding hydrogens is 228 g/mol. The molecule has 5 heteroatoms. The van der Waals surface area contributed by atoms with Crippen LogP contribution in [-0.4, -0.2) is 34.6 Å². The summed E-state index contributed by atoms with van der Waals surface area (Å²) in [6.07, 6.45) is 5.94. The molecule has 0 aliphatic heterocycles. The maximum Gasteiger partial charge on any atom is 0.222 e. The number of carbonyl (C=O) groups excluding carboxylic acids is 1. The van der Waals surface area contributed by atoms with E-state index in [0.717, 1.165) is 18.4 Å². The van der Waals surface area contributed by atoms with E-state index in [4.69, 9.17) is 5.73 Å². The van der Waals surface area contributed by atoms with Crippen molar-refractivity contribution in [1.29, 1.82) is 0 Å². The number of hydrogen-bond acceptors (Lipinski definition) is 3. The number of nitrogens with zero attached hydrogens (tertiary/aromatic N) is 2. The van der Waals surface area contributed by atoms with Crippen LogP contribution < -0.4 is 5.73 Å². The van der Waals surface area contributed by atoms with Crippen LogP contribution in [-0.2, 0) is 11.3 Å². The Hall–Kier alpha value is -1.36. The average Bonchev–Trinajstić information content (AvgIpc) is 2.78. The second-order valence-corrected chi connectivity index (χ2v) is 5.56. The normalized spacial score (nSPS) is 11.6. The first-order valence-electron chi connectivity index (χ1n) is 6.36. The quantitative estimate of drug-likeness (QED) is 0.772. The Morgan fingerprint density at radius 3 is 2.78 bits per heavy atom. The molecule has 1 amide bonds. The van der Waals surface area contributed by atoms with Gasteiger partial charge in [0.2, 0.25) is 5.91 Å². The van der Waals surface area contributed by atoms with Crippen LogP contribution >= 0.6 is 0 Å². The third-order valence-electron chi connectivity index (χ3n) is 3.24. The first kappa shape index (κ1) is 14.7. The number of rotatable bonds is 7. The molecule has 0 aliphatic rings. The van der Waals surface area contributed by atoms with Crippen LogP contribution in [0.25, 0.3) is 0 Å². The summed E-state index contributed by atoms with van der Waals surface area (Å²) in [7, 11) is 1.82. The highest BCUT2D eigenvalue weighted by molar-refractivity contribution is 5.75. The van der Waals surface area contributed by atoms with E-state index in [0.29, 0.717) is 19.5 Å². The molecular formula is C13H24N4O. The minimum atomic E-state index is 0.140. The third-order valence-corrected chi connectivity index (χ3v) is 3.24. The molecule has 5 nitrogen and oxygen atoms in total. The van der Waals surface area contributed by atoms with Crippen molar-refractivity contribution < 1.29 is 4.79 Å². The molecule has 3 N–H and O–H groups in total. The SMILES string of the molecule is CN(Cc1cn[nH]c1)C(=O)CCC(C)(C)CCN. The Bertz CT molecular complexity index is 359. The lowest BCUT2D eigenvalue weighted by Gasteiger charge is -2.25. The fourth-order valence-electron chi connectivity index (χ4n) is 1.88. The lowest BCUT2D eigenvalue weighted by atomic mass is 9.84. The average molecular weight is 252 g/mol. The molecule has 0 aromatic carbocycles. The van der Waals surface area contributed by atoms with Gasteiger partial charge >= 0.3 is 0 Å². The van der Waals surface area contributed by atoms with Gasteiger partial charge in [0.05, 0.1) is 6.20 Å². The van der Waals surface area contributed by atoms with Crippen molar-refractivity contribution in [2.45, 2.75) is 39.7 Å². The van der Waals surface area contributed by atoms with Gasteiger partial charge in [0.1, 0.15) is 0 Å². The standard InChI is InChI=1S/C13H24N4O/c1-13(2,6-7-14)5-4-12(18)17(3)10-11-8-15-16-9-11/h8-9H,4-7,10,14H2,1-3H3,(H,15,16). The van der Waals surface area contributed by atoms with Gasteiger partial charge in [0.25, 0.3) is 0 Å². The van der Waals surface area contributed by atoms with Gasteiger partial charge in [0, 0.05) is 31.8 Å². The van der Waals surface area contributed by atoms with Crippen molar-refractivity contribution in [3.63, 3.8) is 0 Å². The van der Waals surface area contributed by atoms with Crippen LogP contribution in [0.15, 0.2) is 12.4 Å². The van der Waals surface area contributed by atoms with Crippen LogP contribution in [0.3, 0.4) is 0 Å². The van der Waals surface area contributed by atoms with Gasteiger partial charge in [0.15, 0.2) is 0 Å². The molecule has 1 aromatic rings. The fourth-order valence-corrected chi connectivity index (χ4v) is 1.88. The van der Waals surface area contributed by atoms with Crippen LogP contribution in [0, 0.1) is 5.41 Å². The molecule has 1 rings (SSSR count). The number of amides is 1. The summed E-state index contributed by atoms with van der Waals surface area (Å²) in [5.74, 6) is 0.168. The summed E-state index contributed by atoms with van der Waals surface area (Å²) in [5, 5.41) is 6.61. The summed E-state index contributed by atoms with van der Waals surface area (Å²) in [6.45, 7) is 5.59. The van der Waals surface area contributed by atoms with Crippen molar-refractivity contribution in [3.8, 4) is 0 Å². The van der Waals surface area contributed by atoms with Crippen LogP contribution in [0.5, 0.6) is 0 Å². The Labute approximate surface area is 109 Å². The lowest BCUT2D eigenvalue weighted by Crippen LogP contribution is -2.28. The molecule has 0 unspecified atom stereocenters. The van der Waals surface area contributed by atoms with E-state index in [-0.39, 0.29) is 11.3 Å². The van der Waals surface area contributed by atoms with Crippen molar-refractivity contribution in [1.82, 2.24) is 15.1 Å². The minimum absolute atomic E-state index is 0.140. The number of nitrogens with two attached hydrogens (primary N) is 1. The van der Waals surface area contributed by atoms with E-state index >= 15 is 0 Å². The largest absolute Gasteiger partial charge is 0.341 e.